The van der Waals surface area contributed by atoms with E-state index in [1.54, 1.807) is 6.07 Å². The maximum absolute atomic E-state index is 11.6. The monoisotopic (exact) mass is 290 g/mol. The molecule has 1 fully saturated rings. The number of piperidine rings is 1. The summed E-state index contributed by atoms with van der Waals surface area (Å²) in [4.78, 5) is 18.5. The van der Waals surface area contributed by atoms with Gasteiger partial charge in [0.15, 0.2) is 5.65 Å². The smallest absolute Gasteiger partial charge is 0.349 e. The molecule has 2 aromatic rings. The van der Waals surface area contributed by atoms with Crippen LogP contribution in [0.1, 0.15) is 32.0 Å². The van der Waals surface area contributed by atoms with Crippen molar-refractivity contribution >= 4 is 11.5 Å². The summed E-state index contributed by atoms with van der Waals surface area (Å²) in [7, 11) is 0. The highest BCUT2D eigenvalue weighted by Gasteiger charge is 2.14. The first kappa shape index (κ1) is 14.1. The Hall–Kier alpha value is -1.89. The van der Waals surface area contributed by atoms with Crippen molar-refractivity contribution < 1.29 is 0 Å². The summed E-state index contributed by atoms with van der Waals surface area (Å²) >= 11 is 0. The van der Waals surface area contributed by atoms with E-state index >= 15 is 0 Å². The maximum atomic E-state index is 11.6. The lowest BCUT2D eigenvalue weighted by molar-refractivity contribution is 0.223. The van der Waals surface area contributed by atoms with Crippen LogP contribution in [0.15, 0.2) is 10.9 Å². The number of H-pyrrole nitrogens is 1. The van der Waals surface area contributed by atoms with E-state index in [1.165, 1.54) is 36.8 Å². The quantitative estimate of drug-likeness (QED) is 0.878. The summed E-state index contributed by atoms with van der Waals surface area (Å²) in [5.74, 6) is 1.41. The molecule has 1 unspecified atom stereocenters. The minimum absolute atomic E-state index is 0.247. The second kappa shape index (κ2) is 5.85. The number of fused-ring (bicyclic) bond motifs is 1. The third-order valence-corrected chi connectivity index (χ3v) is 3.94. The molecule has 0 radical (unpaired) electrons. The second-order valence-corrected chi connectivity index (χ2v) is 5.82. The predicted octanol–water partition coefficient (Wildman–Crippen LogP) is 1.01. The molecule has 7 heteroatoms. The van der Waals surface area contributed by atoms with Gasteiger partial charge in [-0.2, -0.15) is 5.10 Å². The highest BCUT2D eigenvalue weighted by Crippen LogP contribution is 2.12. The Kier molecular flexibility index (Phi) is 3.92. The van der Waals surface area contributed by atoms with Crippen molar-refractivity contribution in [2.45, 2.75) is 39.2 Å². The molecule has 0 saturated carbocycles. The van der Waals surface area contributed by atoms with Crippen LogP contribution in [-0.2, 0) is 0 Å². The highest BCUT2D eigenvalue weighted by molar-refractivity contribution is 5.50. The van der Waals surface area contributed by atoms with Gasteiger partial charge in [0.1, 0.15) is 11.6 Å². The summed E-state index contributed by atoms with van der Waals surface area (Å²) in [6.07, 6.45) is 3.95. The van der Waals surface area contributed by atoms with E-state index in [-0.39, 0.29) is 5.69 Å². The van der Waals surface area contributed by atoms with Gasteiger partial charge < -0.3 is 10.2 Å². The first-order chi connectivity index (χ1) is 10.1. The Morgan fingerprint density at radius 1 is 1.38 bits per heavy atom. The van der Waals surface area contributed by atoms with Gasteiger partial charge >= 0.3 is 5.69 Å². The van der Waals surface area contributed by atoms with E-state index in [9.17, 15) is 4.79 Å². The number of aryl methyl sites for hydroxylation is 1. The first-order valence-corrected chi connectivity index (χ1v) is 7.57. The number of aromatic amines is 1. The van der Waals surface area contributed by atoms with Crippen molar-refractivity contribution in [2.24, 2.45) is 0 Å². The number of anilines is 1. The van der Waals surface area contributed by atoms with Crippen LogP contribution in [0.5, 0.6) is 0 Å². The lowest BCUT2D eigenvalue weighted by Gasteiger charge is -2.29. The van der Waals surface area contributed by atoms with Crippen LogP contribution in [0, 0.1) is 6.92 Å². The Labute approximate surface area is 123 Å². The van der Waals surface area contributed by atoms with Gasteiger partial charge in [0.25, 0.3) is 0 Å². The Morgan fingerprint density at radius 2 is 2.14 bits per heavy atom. The third kappa shape index (κ3) is 3.07. The average molecular weight is 290 g/mol. The summed E-state index contributed by atoms with van der Waals surface area (Å²) < 4.78 is 1.47. The molecule has 0 aliphatic carbocycles. The molecule has 0 aromatic carbocycles. The van der Waals surface area contributed by atoms with Crippen LogP contribution in [0.3, 0.4) is 0 Å². The van der Waals surface area contributed by atoms with Gasteiger partial charge in [-0.25, -0.2) is 19.3 Å². The maximum Gasteiger partial charge on any atom is 0.349 e. The molecule has 1 atom stereocenters. The Bertz CT molecular complexity index is 670. The lowest BCUT2D eigenvalue weighted by atomic mass is 10.1. The fourth-order valence-electron chi connectivity index (χ4n) is 3.00. The number of nitrogens with one attached hydrogen (secondary N) is 2. The van der Waals surface area contributed by atoms with Crippen LogP contribution in [0.2, 0.25) is 0 Å². The summed E-state index contributed by atoms with van der Waals surface area (Å²) in [5.41, 5.74) is 0.350. The summed E-state index contributed by atoms with van der Waals surface area (Å²) in [5, 5.41) is 9.85. The molecule has 2 aromatic heterocycles. The topological polar surface area (TPSA) is 78.3 Å². The molecule has 1 aliphatic rings. The molecule has 2 N–H and O–H groups in total. The van der Waals surface area contributed by atoms with Gasteiger partial charge in [0.2, 0.25) is 0 Å². The van der Waals surface area contributed by atoms with E-state index in [0.717, 1.165) is 12.4 Å². The van der Waals surface area contributed by atoms with Crippen molar-refractivity contribution in [3.63, 3.8) is 0 Å². The Morgan fingerprint density at radius 3 is 2.90 bits per heavy atom. The summed E-state index contributed by atoms with van der Waals surface area (Å²) in [6, 6.07) is 2.11. The van der Waals surface area contributed by atoms with E-state index in [4.69, 9.17) is 0 Å². The number of hydrogen-bond donors (Lipinski definition) is 2. The molecule has 0 amide bonds. The van der Waals surface area contributed by atoms with Gasteiger partial charge in [-0.05, 0) is 39.8 Å². The standard InChI is InChI=1S/C14H22N6O/c1-10(9-19-6-4-3-5-7-19)15-12-8-13-17-18-14(21)20(13)11(2)16-12/h8,10,15H,3-7,9H2,1-2H3,(H,18,21). The number of aromatic nitrogens is 4. The molecular formula is C14H22N6O. The highest BCUT2D eigenvalue weighted by atomic mass is 16.1. The zero-order chi connectivity index (χ0) is 14.8. The van der Waals surface area contributed by atoms with Crippen LogP contribution >= 0.6 is 0 Å². The summed E-state index contributed by atoms with van der Waals surface area (Å²) in [6.45, 7) is 7.36. The largest absolute Gasteiger partial charge is 0.366 e. The van der Waals surface area contributed by atoms with E-state index < -0.39 is 0 Å². The van der Waals surface area contributed by atoms with Gasteiger partial charge in [0.05, 0.1) is 0 Å². The third-order valence-electron chi connectivity index (χ3n) is 3.94. The fraction of sp³-hybridized carbons (Fsp3) is 0.643. The molecule has 114 valence electrons. The molecule has 1 saturated heterocycles. The average Bonchev–Trinajstić information content (AvgIpc) is 2.81. The van der Waals surface area contributed by atoms with Crippen LogP contribution in [0.4, 0.5) is 5.82 Å². The molecule has 3 rings (SSSR count). The van der Waals surface area contributed by atoms with Gasteiger partial charge in [-0.3, -0.25) is 0 Å². The molecule has 7 nitrogen and oxygen atoms in total. The van der Waals surface area contributed by atoms with Gasteiger partial charge in [-0.15, -0.1) is 0 Å². The zero-order valence-corrected chi connectivity index (χ0v) is 12.6. The predicted molar refractivity (Wildman–Crippen MR) is 81.7 cm³/mol. The Balaban J connectivity index is 1.70. The molecule has 3 heterocycles. The number of rotatable bonds is 4. The normalized spacial score (nSPS) is 18.0. The number of likely N-dealkylation sites (tertiary alicyclic amines) is 1. The van der Waals surface area contributed by atoms with Crippen molar-refractivity contribution in [3.8, 4) is 0 Å². The minimum atomic E-state index is -0.247. The minimum Gasteiger partial charge on any atom is -0.366 e. The SMILES string of the molecule is Cc1nc(NC(C)CN2CCCCC2)cc2n[nH]c(=O)n12. The molecule has 0 spiro atoms. The van der Waals surface area contributed by atoms with Crippen molar-refractivity contribution in [1.82, 2.24) is 24.5 Å². The zero-order valence-electron chi connectivity index (χ0n) is 12.6. The van der Waals surface area contributed by atoms with Crippen molar-refractivity contribution in [3.05, 3.63) is 22.4 Å². The van der Waals surface area contributed by atoms with E-state index in [1.807, 2.05) is 6.92 Å². The first-order valence-electron chi connectivity index (χ1n) is 7.57. The van der Waals surface area contributed by atoms with E-state index in [2.05, 4.69) is 32.3 Å². The van der Waals surface area contributed by atoms with Crippen molar-refractivity contribution in [2.75, 3.05) is 25.0 Å². The van der Waals surface area contributed by atoms with Gasteiger partial charge in [0, 0.05) is 18.7 Å². The second-order valence-electron chi connectivity index (χ2n) is 5.82. The molecular weight excluding hydrogens is 268 g/mol. The number of nitrogens with zero attached hydrogens (tertiary/aromatic N) is 4. The van der Waals surface area contributed by atoms with Crippen LogP contribution in [-0.4, -0.2) is 50.2 Å². The van der Waals surface area contributed by atoms with E-state index in [0.29, 0.717) is 17.5 Å². The molecule has 21 heavy (non-hydrogen) atoms. The fourth-order valence-corrected chi connectivity index (χ4v) is 3.00. The van der Waals surface area contributed by atoms with Crippen LogP contribution in [0.25, 0.3) is 5.65 Å². The number of hydrogen-bond acceptors (Lipinski definition) is 5. The van der Waals surface area contributed by atoms with Crippen molar-refractivity contribution in [1.29, 1.82) is 0 Å². The molecule has 1 aliphatic heterocycles. The van der Waals surface area contributed by atoms with Gasteiger partial charge in [-0.1, -0.05) is 6.42 Å². The van der Waals surface area contributed by atoms with Crippen LogP contribution < -0.4 is 11.0 Å². The lowest BCUT2D eigenvalue weighted by Crippen LogP contribution is -2.38. The molecule has 0 bridgehead atoms.